The van der Waals surface area contributed by atoms with Crippen LogP contribution in [-0.4, -0.2) is 4.98 Å². The highest BCUT2D eigenvalue weighted by atomic mass is 79.9. The Kier molecular flexibility index (Phi) is 1.40. The average molecular weight is 199 g/mol. The van der Waals surface area contributed by atoms with Crippen LogP contribution in [0, 0.1) is 11.8 Å². The fourth-order valence-corrected chi connectivity index (χ4v) is 0.917. The molecule has 1 heterocycles. The summed E-state index contributed by atoms with van der Waals surface area (Å²) in [4.78, 5) is 3.85. The molecule has 0 aliphatic rings. The van der Waals surface area contributed by atoms with Crippen LogP contribution in [0.1, 0.15) is 16.5 Å². The van der Waals surface area contributed by atoms with Crippen molar-refractivity contribution in [3.63, 3.8) is 0 Å². The second-order valence-corrected chi connectivity index (χ2v) is 2.56. The molecule has 1 aromatic heterocycles. The highest BCUT2D eigenvalue weighted by Crippen LogP contribution is 2.07. The van der Waals surface area contributed by atoms with Crippen molar-refractivity contribution in [1.29, 1.82) is 0 Å². The molecule has 0 N–H and O–H groups in total. The summed E-state index contributed by atoms with van der Waals surface area (Å²) in [6.07, 6.45) is 3.13. The van der Waals surface area contributed by atoms with Gasteiger partial charge in [-0.15, -0.1) is 5.92 Å². The summed E-state index contributed by atoms with van der Waals surface area (Å²) >= 11 is 3.21. The zero-order valence-corrected chi connectivity index (χ0v) is 6.64. The van der Waals surface area contributed by atoms with Gasteiger partial charge in [-0.25, -0.2) is 0 Å². The van der Waals surface area contributed by atoms with Crippen LogP contribution in [0.4, 0.5) is 0 Å². The number of halogens is 1. The Balaban J connectivity index is 2.90. The van der Waals surface area contributed by atoms with E-state index in [1.165, 1.54) is 6.20 Å². The summed E-state index contributed by atoms with van der Waals surface area (Å²) in [6, 6.07) is 1.71. The maximum atomic E-state index is 6.86. The predicted molar refractivity (Wildman–Crippen MR) is 44.5 cm³/mol. The molecule has 0 bridgehead atoms. The Morgan fingerprint density at radius 3 is 3.30 bits per heavy atom. The van der Waals surface area contributed by atoms with Gasteiger partial charge in [0.15, 0.2) is 0 Å². The van der Waals surface area contributed by atoms with E-state index in [1.54, 1.807) is 12.3 Å². The molecular formula is C8H6BrN. The smallest absolute Gasteiger partial charge is 0.0439 e. The Morgan fingerprint density at radius 1 is 1.70 bits per heavy atom. The fourth-order valence-electron chi connectivity index (χ4n) is 0.552. The van der Waals surface area contributed by atoms with Gasteiger partial charge >= 0.3 is 0 Å². The van der Waals surface area contributed by atoms with Crippen molar-refractivity contribution < 1.29 is 4.11 Å². The summed E-state index contributed by atoms with van der Waals surface area (Å²) in [7, 11) is 0. The van der Waals surface area contributed by atoms with E-state index < -0.39 is 6.85 Å². The molecular weight excluding hydrogens is 190 g/mol. The van der Waals surface area contributed by atoms with E-state index in [1.807, 2.05) is 0 Å². The third kappa shape index (κ3) is 1.85. The number of hydrogen-bond acceptors (Lipinski definition) is 1. The maximum absolute atomic E-state index is 6.86. The van der Waals surface area contributed by atoms with Crippen LogP contribution in [0.15, 0.2) is 22.9 Å². The van der Waals surface area contributed by atoms with Crippen LogP contribution in [0.25, 0.3) is 0 Å². The third-order valence-electron chi connectivity index (χ3n) is 0.912. The van der Waals surface area contributed by atoms with E-state index in [4.69, 9.17) is 4.11 Å². The van der Waals surface area contributed by atoms with Crippen LogP contribution < -0.4 is 0 Å². The minimum Gasteiger partial charge on any atom is -0.262 e. The Hall–Kier alpha value is -0.810. The Bertz CT molecular complexity index is 362. The van der Waals surface area contributed by atoms with Gasteiger partial charge in [-0.2, -0.15) is 0 Å². The zero-order chi connectivity index (χ0) is 9.90. The lowest BCUT2D eigenvalue weighted by atomic mass is 10.3. The van der Waals surface area contributed by atoms with E-state index in [-0.39, 0.29) is 0 Å². The van der Waals surface area contributed by atoms with Crippen molar-refractivity contribution in [2.45, 2.75) is 6.85 Å². The van der Waals surface area contributed by atoms with Gasteiger partial charge in [-0.05, 0) is 28.8 Å². The molecule has 0 atom stereocenters. The molecule has 0 spiro atoms. The summed E-state index contributed by atoms with van der Waals surface area (Å²) < 4.78 is 21.4. The summed E-state index contributed by atoms with van der Waals surface area (Å²) in [6.45, 7) is -2.21. The first-order valence-electron chi connectivity index (χ1n) is 4.11. The lowest BCUT2D eigenvalue weighted by molar-refractivity contribution is 1.29. The largest absolute Gasteiger partial charge is 0.262 e. The van der Waals surface area contributed by atoms with Crippen molar-refractivity contribution >= 4 is 15.9 Å². The van der Waals surface area contributed by atoms with Crippen molar-refractivity contribution in [3.8, 4) is 11.8 Å². The van der Waals surface area contributed by atoms with E-state index in [0.29, 0.717) is 5.56 Å². The van der Waals surface area contributed by atoms with Crippen molar-refractivity contribution in [1.82, 2.24) is 4.98 Å². The van der Waals surface area contributed by atoms with Crippen LogP contribution in [0.3, 0.4) is 0 Å². The second kappa shape index (κ2) is 3.38. The van der Waals surface area contributed by atoms with E-state index >= 15 is 0 Å². The quantitative estimate of drug-likeness (QED) is 0.583. The molecule has 0 fully saturated rings. The highest BCUT2D eigenvalue weighted by Gasteiger charge is 1.87. The SMILES string of the molecule is [2H]C([2H])([2H])C#Cc1cncc(Br)c1. The van der Waals surface area contributed by atoms with Crippen molar-refractivity contribution in [2.75, 3.05) is 0 Å². The molecule has 1 nitrogen and oxygen atoms in total. The first kappa shape index (κ1) is 4.15. The van der Waals surface area contributed by atoms with Gasteiger partial charge in [-0.1, -0.05) is 5.92 Å². The molecule has 0 radical (unpaired) electrons. The molecule has 10 heavy (non-hydrogen) atoms. The van der Waals surface area contributed by atoms with E-state index in [0.717, 1.165) is 4.47 Å². The standard InChI is InChI=1S/C8H6BrN/c1-2-3-7-4-8(9)6-10-5-7/h4-6H,1H3/i1D3. The number of aromatic nitrogens is 1. The first-order chi connectivity index (χ1) is 5.97. The van der Waals surface area contributed by atoms with Gasteiger partial charge in [0.2, 0.25) is 0 Å². The minimum absolute atomic E-state index is 0.588. The predicted octanol–water partition coefficient (Wildman–Crippen LogP) is 2.22. The van der Waals surface area contributed by atoms with Crippen LogP contribution in [0.5, 0.6) is 0 Å². The molecule has 0 aliphatic carbocycles. The van der Waals surface area contributed by atoms with Gasteiger partial charge in [0.1, 0.15) is 0 Å². The molecule has 0 aliphatic heterocycles. The van der Waals surface area contributed by atoms with E-state index in [2.05, 4.69) is 32.8 Å². The lowest BCUT2D eigenvalue weighted by Crippen LogP contribution is -1.76. The topological polar surface area (TPSA) is 12.9 Å². The molecule has 0 unspecified atom stereocenters. The zero-order valence-electron chi connectivity index (χ0n) is 8.06. The molecule has 0 saturated carbocycles. The summed E-state index contributed by atoms with van der Waals surface area (Å²) in [5, 5.41) is 0. The number of rotatable bonds is 0. The van der Waals surface area contributed by atoms with Gasteiger partial charge in [0.05, 0.1) is 0 Å². The molecule has 0 amide bonds. The van der Waals surface area contributed by atoms with Crippen LogP contribution >= 0.6 is 15.9 Å². The normalized spacial score (nSPS) is 13.9. The molecule has 1 aromatic rings. The van der Waals surface area contributed by atoms with Crippen molar-refractivity contribution in [3.05, 3.63) is 28.5 Å². The third-order valence-corrected chi connectivity index (χ3v) is 1.35. The Morgan fingerprint density at radius 2 is 2.60 bits per heavy atom. The van der Waals surface area contributed by atoms with Crippen molar-refractivity contribution in [2.24, 2.45) is 0 Å². The van der Waals surface area contributed by atoms with Gasteiger partial charge in [0.25, 0.3) is 0 Å². The molecule has 1 rings (SSSR count). The van der Waals surface area contributed by atoms with Crippen LogP contribution in [0.2, 0.25) is 0 Å². The summed E-state index contributed by atoms with van der Waals surface area (Å²) in [5.74, 6) is 4.67. The number of pyridine rings is 1. The maximum Gasteiger partial charge on any atom is 0.0439 e. The minimum atomic E-state index is -2.21. The average Bonchev–Trinajstić information content (AvgIpc) is 2.00. The molecule has 2 heteroatoms. The van der Waals surface area contributed by atoms with Crippen LogP contribution in [-0.2, 0) is 0 Å². The monoisotopic (exact) mass is 198 g/mol. The second-order valence-electron chi connectivity index (χ2n) is 1.64. The highest BCUT2D eigenvalue weighted by molar-refractivity contribution is 9.10. The molecule has 50 valence electrons. The Labute approximate surface area is 72.8 Å². The number of hydrogen-bond donors (Lipinski definition) is 0. The number of nitrogens with zero attached hydrogens (tertiary/aromatic N) is 1. The van der Waals surface area contributed by atoms with Gasteiger partial charge in [0, 0.05) is 26.5 Å². The molecule has 0 saturated heterocycles. The fraction of sp³-hybridized carbons (Fsp3) is 0.125. The van der Waals surface area contributed by atoms with E-state index in [9.17, 15) is 0 Å². The summed E-state index contributed by atoms with van der Waals surface area (Å²) in [5.41, 5.74) is 0.588. The van der Waals surface area contributed by atoms with Gasteiger partial charge < -0.3 is 0 Å². The lowest BCUT2D eigenvalue weighted by Gasteiger charge is -1.88. The first-order valence-corrected chi connectivity index (χ1v) is 3.40. The van der Waals surface area contributed by atoms with Gasteiger partial charge in [-0.3, -0.25) is 4.98 Å². The molecule has 0 aromatic carbocycles.